The highest BCUT2D eigenvalue weighted by Crippen LogP contribution is 2.22. The Morgan fingerprint density at radius 3 is 2.53 bits per heavy atom. The minimum Gasteiger partial charge on any atom is -0.483 e. The van der Waals surface area contributed by atoms with Gasteiger partial charge in [-0.05, 0) is 37.1 Å². The molecule has 0 bridgehead atoms. The van der Waals surface area contributed by atoms with E-state index in [1.807, 2.05) is 32.0 Å². The molecule has 0 unspecified atom stereocenters. The summed E-state index contributed by atoms with van der Waals surface area (Å²) in [7, 11) is 0. The number of benzene rings is 1. The van der Waals surface area contributed by atoms with Gasteiger partial charge in [0.05, 0.1) is 0 Å². The fraction of sp³-hybridized carbons (Fsp3) is 0.308. The molecular weight excluding hydrogens is 246 g/mol. The van der Waals surface area contributed by atoms with Crippen LogP contribution in [0.3, 0.4) is 0 Å². The van der Waals surface area contributed by atoms with Gasteiger partial charge in [0, 0.05) is 0 Å². The first-order valence-corrected chi connectivity index (χ1v) is 5.86. The fourth-order valence-corrected chi connectivity index (χ4v) is 1.68. The predicted octanol–water partition coefficient (Wildman–Crippen LogP) is 2.01. The number of aromatic nitrogens is 2. The quantitative estimate of drug-likeness (QED) is 0.911. The van der Waals surface area contributed by atoms with Crippen LogP contribution in [0.15, 0.2) is 22.8 Å². The number of amides is 1. The van der Waals surface area contributed by atoms with Crippen LogP contribution in [0.4, 0.5) is 5.82 Å². The molecule has 0 saturated heterocycles. The first-order valence-electron chi connectivity index (χ1n) is 5.86. The van der Waals surface area contributed by atoms with Crippen LogP contribution < -0.4 is 10.1 Å². The number of anilines is 1. The maximum absolute atomic E-state index is 11.7. The molecule has 1 heterocycles. The molecule has 2 aromatic rings. The lowest BCUT2D eigenvalue weighted by atomic mass is 10.1. The van der Waals surface area contributed by atoms with E-state index in [0.29, 0.717) is 11.5 Å². The van der Waals surface area contributed by atoms with Gasteiger partial charge >= 0.3 is 0 Å². The molecular formula is C13H15N3O3. The Hall–Kier alpha value is -2.37. The Morgan fingerprint density at radius 2 is 1.95 bits per heavy atom. The number of para-hydroxylation sites is 1. The molecule has 0 atom stereocenters. The second-order valence-corrected chi connectivity index (χ2v) is 4.26. The Labute approximate surface area is 110 Å². The van der Waals surface area contributed by atoms with Crippen LogP contribution in [0.1, 0.15) is 16.8 Å². The van der Waals surface area contributed by atoms with Crippen LogP contribution in [-0.4, -0.2) is 22.8 Å². The van der Waals surface area contributed by atoms with Gasteiger partial charge in [0.25, 0.3) is 5.91 Å². The van der Waals surface area contributed by atoms with Crippen LogP contribution in [0.25, 0.3) is 0 Å². The molecule has 1 N–H and O–H groups in total. The van der Waals surface area contributed by atoms with Gasteiger partial charge in [-0.1, -0.05) is 23.4 Å². The highest BCUT2D eigenvalue weighted by atomic mass is 16.6. The second kappa shape index (κ2) is 5.51. The van der Waals surface area contributed by atoms with Gasteiger partial charge in [0.2, 0.25) is 0 Å². The second-order valence-electron chi connectivity index (χ2n) is 4.26. The maximum Gasteiger partial charge on any atom is 0.263 e. The van der Waals surface area contributed by atoms with Crippen molar-refractivity contribution in [1.29, 1.82) is 0 Å². The van der Waals surface area contributed by atoms with Crippen molar-refractivity contribution < 1.29 is 14.2 Å². The summed E-state index contributed by atoms with van der Waals surface area (Å²) >= 11 is 0. The standard InChI is InChI=1S/C13H15N3O3/c1-8-5-4-6-9(2)12(8)18-7-11(17)14-13-10(3)15-19-16-13/h4-6H,7H2,1-3H3,(H,14,16,17). The first-order chi connectivity index (χ1) is 9.08. The minimum atomic E-state index is -0.304. The zero-order valence-electron chi connectivity index (χ0n) is 11.1. The van der Waals surface area contributed by atoms with Gasteiger partial charge in [-0.15, -0.1) is 0 Å². The minimum absolute atomic E-state index is 0.0853. The molecule has 0 fully saturated rings. The van der Waals surface area contributed by atoms with E-state index in [2.05, 4.69) is 20.3 Å². The number of hydrogen-bond donors (Lipinski definition) is 1. The number of carbonyl (C=O) groups is 1. The van der Waals surface area contributed by atoms with Gasteiger partial charge in [0.1, 0.15) is 11.4 Å². The number of ether oxygens (including phenoxy) is 1. The number of nitrogens with zero attached hydrogens (tertiary/aromatic N) is 2. The van der Waals surface area contributed by atoms with E-state index >= 15 is 0 Å². The van der Waals surface area contributed by atoms with Gasteiger partial charge in [-0.25, -0.2) is 4.63 Å². The third-order valence-corrected chi connectivity index (χ3v) is 2.67. The SMILES string of the molecule is Cc1cccc(C)c1OCC(=O)Nc1nonc1C. The summed E-state index contributed by atoms with van der Waals surface area (Å²) in [5.74, 6) is 0.740. The van der Waals surface area contributed by atoms with Crippen molar-refractivity contribution in [2.45, 2.75) is 20.8 Å². The number of rotatable bonds is 4. The maximum atomic E-state index is 11.7. The third-order valence-electron chi connectivity index (χ3n) is 2.67. The van der Waals surface area contributed by atoms with Gasteiger partial charge in [-0.2, -0.15) is 0 Å². The molecule has 0 spiro atoms. The summed E-state index contributed by atoms with van der Waals surface area (Å²) in [4.78, 5) is 11.7. The van der Waals surface area contributed by atoms with Crippen molar-refractivity contribution >= 4 is 11.7 Å². The molecule has 0 aliphatic rings. The Kier molecular flexibility index (Phi) is 3.79. The van der Waals surface area contributed by atoms with E-state index in [-0.39, 0.29) is 12.5 Å². The van der Waals surface area contributed by atoms with Crippen LogP contribution in [0, 0.1) is 20.8 Å². The molecule has 0 aliphatic carbocycles. The van der Waals surface area contributed by atoms with Crippen molar-refractivity contribution in [1.82, 2.24) is 10.3 Å². The van der Waals surface area contributed by atoms with Crippen LogP contribution >= 0.6 is 0 Å². The molecule has 0 saturated carbocycles. The summed E-state index contributed by atoms with van der Waals surface area (Å²) in [5, 5.41) is 9.71. The molecule has 2 rings (SSSR count). The smallest absolute Gasteiger partial charge is 0.263 e. The molecule has 100 valence electrons. The third kappa shape index (κ3) is 3.09. The highest BCUT2D eigenvalue weighted by molar-refractivity contribution is 5.91. The molecule has 1 amide bonds. The molecule has 0 radical (unpaired) electrons. The zero-order valence-corrected chi connectivity index (χ0v) is 11.1. The number of nitrogens with one attached hydrogen (secondary N) is 1. The topological polar surface area (TPSA) is 77.2 Å². The van der Waals surface area contributed by atoms with Crippen molar-refractivity contribution in [2.75, 3.05) is 11.9 Å². The van der Waals surface area contributed by atoms with Gasteiger partial charge < -0.3 is 10.1 Å². The fourth-order valence-electron chi connectivity index (χ4n) is 1.68. The lowest BCUT2D eigenvalue weighted by Crippen LogP contribution is -2.21. The summed E-state index contributed by atoms with van der Waals surface area (Å²) in [6, 6.07) is 5.82. The van der Waals surface area contributed by atoms with Crippen molar-refractivity contribution in [3.05, 3.63) is 35.0 Å². The van der Waals surface area contributed by atoms with E-state index in [9.17, 15) is 4.79 Å². The van der Waals surface area contributed by atoms with E-state index in [0.717, 1.165) is 16.9 Å². The van der Waals surface area contributed by atoms with E-state index in [1.165, 1.54) is 0 Å². The molecule has 6 heteroatoms. The van der Waals surface area contributed by atoms with E-state index < -0.39 is 0 Å². The summed E-state index contributed by atoms with van der Waals surface area (Å²) in [5.41, 5.74) is 2.51. The van der Waals surface area contributed by atoms with Crippen LogP contribution in [0.2, 0.25) is 0 Å². The predicted molar refractivity (Wildman–Crippen MR) is 69.1 cm³/mol. The zero-order chi connectivity index (χ0) is 13.8. The Morgan fingerprint density at radius 1 is 1.26 bits per heavy atom. The first kappa shape index (κ1) is 13.1. The largest absolute Gasteiger partial charge is 0.483 e. The Balaban J connectivity index is 1.96. The number of aryl methyl sites for hydroxylation is 3. The molecule has 6 nitrogen and oxygen atoms in total. The molecule has 19 heavy (non-hydrogen) atoms. The Bertz CT molecular complexity index is 572. The summed E-state index contributed by atoms with van der Waals surface area (Å²) in [6.07, 6.45) is 0. The summed E-state index contributed by atoms with van der Waals surface area (Å²) in [6.45, 7) is 5.48. The highest BCUT2D eigenvalue weighted by Gasteiger charge is 2.11. The number of hydrogen-bond acceptors (Lipinski definition) is 5. The van der Waals surface area contributed by atoms with Crippen molar-refractivity contribution in [3.8, 4) is 5.75 Å². The van der Waals surface area contributed by atoms with E-state index in [4.69, 9.17) is 4.74 Å². The lowest BCUT2D eigenvalue weighted by Gasteiger charge is -2.11. The summed E-state index contributed by atoms with van der Waals surface area (Å²) < 4.78 is 10.0. The lowest BCUT2D eigenvalue weighted by molar-refractivity contribution is -0.118. The molecule has 0 aliphatic heterocycles. The van der Waals surface area contributed by atoms with E-state index in [1.54, 1.807) is 6.92 Å². The average Bonchev–Trinajstić information content (AvgIpc) is 2.74. The monoisotopic (exact) mass is 261 g/mol. The molecule has 1 aromatic carbocycles. The number of carbonyl (C=O) groups excluding carboxylic acids is 1. The average molecular weight is 261 g/mol. The molecule has 1 aromatic heterocycles. The van der Waals surface area contributed by atoms with Crippen LogP contribution in [0.5, 0.6) is 5.75 Å². The van der Waals surface area contributed by atoms with Gasteiger partial charge in [0.15, 0.2) is 12.4 Å². The van der Waals surface area contributed by atoms with Crippen molar-refractivity contribution in [2.24, 2.45) is 0 Å². The van der Waals surface area contributed by atoms with Gasteiger partial charge in [-0.3, -0.25) is 4.79 Å². The normalized spacial score (nSPS) is 10.3. The van der Waals surface area contributed by atoms with Crippen LogP contribution in [-0.2, 0) is 4.79 Å². The van der Waals surface area contributed by atoms with Crippen molar-refractivity contribution in [3.63, 3.8) is 0 Å².